The molecule has 1 aromatic carbocycles. The summed E-state index contributed by atoms with van der Waals surface area (Å²) >= 11 is 0. The summed E-state index contributed by atoms with van der Waals surface area (Å²) in [5, 5.41) is 0. The molecule has 0 aromatic heterocycles. The lowest BCUT2D eigenvalue weighted by Gasteiger charge is -2.18. The number of rotatable bonds is 3. The Morgan fingerprint density at radius 2 is 1.81 bits per heavy atom. The van der Waals surface area contributed by atoms with Crippen LogP contribution in [0.3, 0.4) is 0 Å². The van der Waals surface area contributed by atoms with Gasteiger partial charge in [-0.05, 0) is 19.1 Å². The third-order valence-electron chi connectivity index (χ3n) is 2.28. The zero-order valence-electron chi connectivity index (χ0n) is 9.56. The maximum absolute atomic E-state index is 11.9. The van der Waals surface area contributed by atoms with E-state index < -0.39 is 0 Å². The van der Waals surface area contributed by atoms with E-state index in [4.69, 9.17) is 5.73 Å². The van der Waals surface area contributed by atoms with Gasteiger partial charge in [-0.2, -0.15) is 0 Å². The molecule has 0 bridgehead atoms. The van der Waals surface area contributed by atoms with Gasteiger partial charge in [-0.15, -0.1) is 0 Å². The lowest BCUT2D eigenvalue weighted by atomic mass is 10.1. The van der Waals surface area contributed by atoms with Gasteiger partial charge in [0.05, 0.1) is 0 Å². The van der Waals surface area contributed by atoms with Crippen LogP contribution in [-0.4, -0.2) is 29.8 Å². The number of aryl methyl sites for hydroxylation is 1. The van der Waals surface area contributed by atoms with Gasteiger partial charge < -0.3 is 5.73 Å². The Labute approximate surface area is 95.0 Å². The zero-order chi connectivity index (χ0) is 12.1. The molecule has 0 spiro atoms. The first-order valence-corrected chi connectivity index (χ1v) is 5.15. The molecule has 1 aromatic rings. The quantitative estimate of drug-likeness (QED) is 0.824. The number of nitrogens with two attached hydrogens (primary N) is 1. The third-order valence-corrected chi connectivity index (χ3v) is 2.28. The van der Waals surface area contributed by atoms with E-state index in [0.29, 0.717) is 5.56 Å². The van der Waals surface area contributed by atoms with E-state index >= 15 is 0 Å². The molecule has 2 amide bonds. The van der Waals surface area contributed by atoms with Crippen LogP contribution < -0.4 is 5.73 Å². The molecule has 0 aliphatic carbocycles. The molecule has 4 heteroatoms. The molecule has 1 rings (SSSR count). The zero-order valence-corrected chi connectivity index (χ0v) is 9.56. The summed E-state index contributed by atoms with van der Waals surface area (Å²) in [7, 11) is 0. The summed E-state index contributed by atoms with van der Waals surface area (Å²) in [5.74, 6) is -0.575. The van der Waals surface area contributed by atoms with Crippen molar-refractivity contribution in [1.29, 1.82) is 0 Å². The number of amides is 2. The molecule has 0 aliphatic heterocycles. The number of hydrogen-bond acceptors (Lipinski definition) is 3. The number of hydrogen-bond donors (Lipinski definition) is 1. The summed E-state index contributed by atoms with van der Waals surface area (Å²) in [5.41, 5.74) is 6.94. The second-order valence-corrected chi connectivity index (χ2v) is 3.63. The first-order chi connectivity index (χ1) is 7.56. The smallest absolute Gasteiger partial charge is 0.260 e. The molecule has 4 nitrogen and oxygen atoms in total. The van der Waals surface area contributed by atoms with Crippen LogP contribution in [0.4, 0.5) is 0 Å². The Kier molecular flexibility index (Phi) is 4.19. The molecule has 0 saturated carbocycles. The van der Waals surface area contributed by atoms with Gasteiger partial charge in [0.1, 0.15) is 0 Å². The molecule has 86 valence electrons. The number of carbonyl (C=O) groups excluding carboxylic acids is 2. The first kappa shape index (κ1) is 12.4. The highest BCUT2D eigenvalue weighted by Crippen LogP contribution is 2.07. The van der Waals surface area contributed by atoms with Crippen LogP contribution in [0.15, 0.2) is 24.3 Å². The molecule has 0 unspecified atom stereocenters. The normalized spacial score (nSPS) is 9.94. The molecule has 2 N–H and O–H groups in total. The van der Waals surface area contributed by atoms with Gasteiger partial charge in [0, 0.05) is 25.6 Å². The maximum Gasteiger partial charge on any atom is 0.260 e. The van der Waals surface area contributed by atoms with Gasteiger partial charge in [-0.3, -0.25) is 14.5 Å². The van der Waals surface area contributed by atoms with Crippen LogP contribution in [0.1, 0.15) is 22.8 Å². The fourth-order valence-electron chi connectivity index (χ4n) is 1.38. The Balaban J connectivity index is 2.90. The summed E-state index contributed by atoms with van der Waals surface area (Å²) in [6.45, 7) is 3.83. The van der Waals surface area contributed by atoms with Crippen molar-refractivity contribution in [3.8, 4) is 0 Å². The van der Waals surface area contributed by atoms with E-state index in [1.165, 1.54) is 6.92 Å². The van der Waals surface area contributed by atoms with Crippen molar-refractivity contribution < 1.29 is 9.59 Å². The summed E-state index contributed by atoms with van der Waals surface area (Å²) in [4.78, 5) is 24.4. The van der Waals surface area contributed by atoms with Gasteiger partial charge in [-0.25, -0.2) is 0 Å². The van der Waals surface area contributed by atoms with Gasteiger partial charge in [-0.1, -0.05) is 17.7 Å². The predicted octanol–water partition coefficient (Wildman–Crippen LogP) is 0.942. The highest BCUT2D eigenvalue weighted by Gasteiger charge is 2.18. The largest absolute Gasteiger partial charge is 0.329 e. The minimum atomic E-state index is -0.294. The van der Waals surface area contributed by atoms with Crippen molar-refractivity contribution >= 4 is 11.8 Å². The van der Waals surface area contributed by atoms with Crippen LogP contribution in [-0.2, 0) is 4.79 Å². The van der Waals surface area contributed by atoms with Gasteiger partial charge in [0.2, 0.25) is 5.91 Å². The highest BCUT2D eigenvalue weighted by molar-refractivity contribution is 6.04. The second-order valence-electron chi connectivity index (χ2n) is 3.63. The van der Waals surface area contributed by atoms with Crippen LogP contribution in [0.5, 0.6) is 0 Å². The molecule has 0 atom stereocenters. The molecule has 0 heterocycles. The van der Waals surface area contributed by atoms with Crippen LogP contribution in [0, 0.1) is 6.92 Å². The van der Waals surface area contributed by atoms with E-state index in [0.717, 1.165) is 10.5 Å². The van der Waals surface area contributed by atoms with Crippen molar-refractivity contribution in [1.82, 2.24) is 4.90 Å². The fraction of sp³-hybridized carbons (Fsp3) is 0.333. The Morgan fingerprint density at radius 3 is 2.25 bits per heavy atom. The van der Waals surface area contributed by atoms with Crippen molar-refractivity contribution in [3.05, 3.63) is 35.4 Å². The molecule has 0 aliphatic rings. The maximum atomic E-state index is 11.9. The minimum absolute atomic E-state index is 0.252. The van der Waals surface area contributed by atoms with Crippen LogP contribution in [0.25, 0.3) is 0 Å². The topological polar surface area (TPSA) is 63.4 Å². The van der Waals surface area contributed by atoms with E-state index in [-0.39, 0.29) is 24.9 Å². The number of nitrogens with zero attached hydrogens (tertiary/aromatic N) is 1. The molecule has 0 fully saturated rings. The SMILES string of the molecule is CC(=O)N(CCN)C(=O)c1ccc(C)cc1. The molecular formula is C12H16N2O2. The molecule has 0 radical (unpaired) electrons. The number of carbonyl (C=O) groups is 2. The first-order valence-electron chi connectivity index (χ1n) is 5.15. The second kappa shape index (κ2) is 5.42. The van der Waals surface area contributed by atoms with Gasteiger partial charge in [0.25, 0.3) is 5.91 Å². The number of imide groups is 1. The van der Waals surface area contributed by atoms with Crippen LogP contribution in [0.2, 0.25) is 0 Å². The van der Waals surface area contributed by atoms with Crippen molar-refractivity contribution in [2.75, 3.05) is 13.1 Å². The molecular weight excluding hydrogens is 204 g/mol. The van der Waals surface area contributed by atoms with Crippen LogP contribution >= 0.6 is 0 Å². The molecule has 16 heavy (non-hydrogen) atoms. The lowest BCUT2D eigenvalue weighted by Crippen LogP contribution is -2.38. The average molecular weight is 220 g/mol. The monoisotopic (exact) mass is 220 g/mol. The Morgan fingerprint density at radius 1 is 1.25 bits per heavy atom. The summed E-state index contributed by atoms with van der Waals surface area (Å²) < 4.78 is 0. The van der Waals surface area contributed by atoms with E-state index in [2.05, 4.69) is 0 Å². The lowest BCUT2D eigenvalue weighted by molar-refractivity contribution is -0.126. The number of benzene rings is 1. The van der Waals surface area contributed by atoms with Gasteiger partial charge >= 0.3 is 0 Å². The van der Waals surface area contributed by atoms with Gasteiger partial charge in [0.15, 0.2) is 0 Å². The van der Waals surface area contributed by atoms with Crippen molar-refractivity contribution in [2.24, 2.45) is 5.73 Å². The Hall–Kier alpha value is -1.68. The van der Waals surface area contributed by atoms with E-state index in [9.17, 15) is 9.59 Å². The standard InChI is InChI=1S/C12H16N2O2/c1-9-3-5-11(6-4-9)12(16)14(8-7-13)10(2)15/h3-6H,7-8,13H2,1-2H3. The Bertz CT molecular complexity index is 385. The van der Waals surface area contributed by atoms with E-state index in [1.54, 1.807) is 12.1 Å². The fourth-order valence-corrected chi connectivity index (χ4v) is 1.38. The highest BCUT2D eigenvalue weighted by atomic mass is 16.2. The summed E-state index contributed by atoms with van der Waals surface area (Å²) in [6.07, 6.45) is 0. The average Bonchev–Trinajstić information content (AvgIpc) is 2.25. The van der Waals surface area contributed by atoms with Crippen molar-refractivity contribution in [2.45, 2.75) is 13.8 Å². The predicted molar refractivity (Wildman–Crippen MR) is 62.0 cm³/mol. The van der Waals surface area contributed by atoms with Crippen molar-refractivity contribution in [3.63, 3.8) is 0 Å². The summed E-state index contributed by atoms with van der Waals surface area (Å²) in [6, 6.07) is 7.11. The third kappa shape index (κ3) is 2.90. The minimum Gasteiger partial charge on any atom is -0.329 e. The molecule has 0 saturated heterocycles. The van der Waals surface area contributed by atoms with E-state index in [1.807, 2.05) is 19.1 Å².